The van der Waals surface area contributed by atoms with Gasteiger partial charge in [-0.15, -0.1) is 0 Å². The van der Waals surface area contributed by atoms with Crippen LogP contribution < -0.4 is 0 Å². The van der Waals surface area contributed by atoms with Crippen LogP contribution in [0.2, 0.25) is 0 Å². The van der Waals surface area contributed by atoms with Gasteiger partial charge in [-0.3, -0.25) is 0 Å². The number of fused-ring (bicyclic) bond motifs is 7. The molecule has 9 atom stereocenters. The average molecular weight is 484 g/mol. The number of nitriles is 1. The van der Waals surface area contributed by atoms with Gasteiger partial charge in [0.1, 0.15) is 17.5 Å². The zero-order valence-electron chi connectivity index (χ0n) is 22.5. The maximum Gasteiger partial charge on any atom is 0.109 e. The number of aliphatic hydroxyl groups is 4. The molecule has 5 heteroatoms. The Morgan fingerprint density at radius 1 is 1.06 bits per heavy atom. The molecule has 0 aliphatic heterocycles. The summed E-state index contributed by atoms with van der Waals surface area (Å²) in [5, 5.41) is 55.9. The Labute approximate surface area is 210 Å². The van der Waals surface area contributed by atoms with Crippen LogP contribution in [0.3, 0.4) is 0 Å². The number of allylic oxidation sites excluding steroid dienone is 3. The second-order valence-corrected chi connectivity index (χ2v) is 14.5. The van der Waals surface area contributed by atoms with Crippen LogP contribution in [0, 0.1) is 56.2 Å². The number of rotatable bonds is 1. The molecule has 0 radical (unpaired) electrons. The summed E-state index contributed by atoms with van der Waals surface area (Å²) >= 11 is 0. The molecule has 0 amide bonds. The zero-order valence-corrected chi connectivity index (χ0v) is 22.5. The molecule has 5 rings (SSSR count). The largest absolute Gasteiger partial charge is 0.511 e. The normalized spacial score (nSPS) is 52.9. The zero-order chi connectivity index (χ0) is 25.8. The minimum Gasteiger partial charge on any atom is -0.511 e. The van der Waals surface area contributed by atoms with Gasteiger partial charge in [0.2, 0.25) is 0 Å². The summed E-state index contributed by atoms with van der Waals surface area (Å²) in [6.45, 7) is 13.3. The van der Waals surface area contributed by atoms with Crippen molar-refractivity contribution in [3.63, 3.8) is 0 Å². The predicted octanol–water partition coefficient (Wildman–Crippen LogP) is 5.42. The van der Waals surface area contributed by atoms with Crippen molar-refractivity contribution in [2.75, 3.05) is 6.61 Å². The van der Waals surface area contributed by atoms with Gasteiger partial charge in [-0.05, 0) is 84.9 Å². The van der Waals surface area contributed by atoms with E-state index < -0.39 is 17.1 Å². The van der Waals surface area contributed by atoms with Crippen LogP contribution >= 0.6 is 0 Å². The lowest BCUT2D eigenvalue weighted by Gasteiger charge is -2.73. The molecule has 3 saturated carbocycles. The van der Waals surface area contributed by atoms with Crippen LogP contribution in [0.25, 0.3) is 0 Å². The van der Waals surface area contributed by atoms with E-state index in [0.717, 1.165) is 44.9 Å². The topological polar surface area (TPSA) is 105 Å². The van der Waals surface area contributed by atoms with E-state index in [9.17, 15) is 25.7 Å². The van der Waals surface area contributed by atoms with Crippen LogP contribution in [-0.2, 0) is 0 Å². The Morgan fingerprint density at radius 2 is 1.71 bits per heavy atom. The van der Waals surface area contributed by atoms with Gasteiger partial charge in [0, 0.05) is 17.9 Å². The van der Waals surface area contributed by atoms with E-state index in [1.54, 1.807) is 0 Å². The second-order valence-electron chi connectivity index (χ2n) is 14.5. The maximum atomic E-state index is 12.8. The smallest absolute Gasteiger partial charge is 0.109 e. The van der Waals surface area contributed by atoms with Gasteiger partial charge in [-0.1, -0.05) is 53.2 Å². The standard InChI is InChI=1S/C30H45NO4/c1-18-20-7-8-27(5)21(26(20,4)14-19(16-31)24(18)34)13-23(33)30(35)22-15-25(2,3)9-11-29(22,17-32)12-10-28(27,30)6/h13,18,20,22-23,32-35H,7-12,14-15,17H2,1-6H3/t18-,20-,22?,23+,26-,27+,28-,29+,30+/m0/s1. The Morgan fingerprint density at radius 3 is 2.34 bits per heavy atom. The van der Waals surface area contributed by atoms with Crippen molar-refractivity contribution < 1.29 is 20.4 Å². The average Bonchev–Trinajstić information content (AvgIpc) is 2.80. The lowest BCUT2D eigenvalue weighted by atomic mass is 9.33. The van der Waals surface area contributed by atoms with Crippen molar-refractivity contribution in [1.82, 2.24) is 0 Å². The summed E-state index contributed by atoms with van der Waals surface area (Å²) in [5.41, 5.74) is -1.27. The lowest BCUT2D eigenvalue weighted by Crippen LogP contribution is -2.75. The SMILES string of the molecule is C[C@@H]1C(O)=C(C#N)C[C@]2(C)C3=C[C@@H](O)[C@]4(O)C5CC(C)(C)CC[C@]5(CO)CC[C@@]4(C)[C@]3(C)CC[C@@H]12. The highest BCUT2D eigenvalue weighted by Crippen LogP contribution is 2.75. The molecule has 0 heterocycles. The summed E-state index contributed by atoms with van der Waals surface area (Å²) < 4.78 is 0. The first-order chi connectivity index (χ1) is 16.2. The lowest BCUT2D eigenvalue weighted by molar-refractivity contribution is -0.292. The number of nitrogens with zero attached hydrogens (tertiary/aromatic N) is 1. The molecule has 194 valence electrons. The molecule has 5 aliphatic rings. The molecule has 0 aromatic carbocycles. The molecule has 0 saturated heterocycles. The van der Waals surface area contributed by atoms with E-state index >= 15 is 0 Å². The van der Waals surface area contributed by atoms with Gasteiger partial charge in [0.15, 0.2) is 0 Å². The maximum absolute atomic E-state index is 12.8. The van der Waals surface area contributed by atoms with Crippen LogP contribution in [0.15, 0.2) is 23.0 Å². The van der Waals surface area contributed by atoms with Gasteiger partial charge < -0.3 is 20.4 Å². The summed E-state index contributed by atoms with van der Waals surface area (Å²) in [4.78, 5) is 0. The van der Waals surface area contributed by atoms with Crippen molar-refractivity contribution in [2.24, 2.45) is 44.8 Å². The summed E-state index contributed by atoms with van der Waals surface area (Å²) in [5.74, 6) is 0.136. The van der Waals surface area contributed by atoms with Crippen molar-refractivity contribution in [1.29, 1.82) is 5.26 Å². The molecular weight excluding hydrogens is 438 g/mol. The third kappa shape index (κ3) is 2.85. The molecule has 5 nitrogen and oxygen atoms in total. The molecule has 5 aliphatic carbocycles. The fraction of sp³-hybridized carbons (Fsp3) is 0.833. The van der Waals surface area contributed by atoms with Crippen molar-refractivity contribution in [3.05, 3.63) is 23.0 Å². The molecular formula is C30H45NO4. The highest BCUT2D eigenvalue weighted by Gasteiger charge is 2.74. The Kier molecular flexibility index (Phi) is 5.32. The van der Waals surface area contributed by atoms with Gasteiger partial charge in [0.25, 0.3) is 0 Å². The molecule has 0 spiro atoms. The van der Waals surface area contributed by atoms with Gasteiger partial charge in [0.05, 0.1) is 11.6 Å². The minimum atomic E-state index is -1.33. The van der Waals surface area contributed by atoms with Crippen molar-refractivity contribution in [2.45, 2.75) is 105 Å². The fourth-order valence-corrected chi connectivity index (χ4v) is 10.2. The molecule has 0 aromatic rings. The molecule has 0 bridgehead atoms. The second kappa shape index (κ2) is 7.36. The van der Waals surface area contributed by atoms with Gasteiger partial charge >= 0.3 is 0 Å². The molecule has 3 fully saturated rings. The Hall–Kier alpha value is -1.35. The van der Waals surface area contributed by atoms with E-state index in [4.69, 9.17) is 0 Å². The number of hydrogen-bond acceptors (Lipinski definition) is 5. The third-order valence-corrected chi connectivity index (χ3v) is 12.6. The summed E-state index contributed by atoms with van der Waals surface area (Å²) in [6, 6.07) is 2.26. The van der Waals surface area contributed by atoms with Crippen LogP contribution in [0.1, 0.15) is 92.9 Å². The number of aliphatic hydroxyl groups excluding tert-OH is 3. The monoisotopic (exact) mass is 483 g/mol. The highest BCUT2D eigenvalue weighted by atomic mass is 16.3. The van der Waals surface area contributed by atoms with Crippen LogP contribution in [0.5, 0.6) is 0 Å². The Balaban J connectivity index is 1.69. The van der Waals surface area contributed by atoms with E-state index in [1.165, 1.54) is 5.57 Å². The number of hydrogen-bond donors (Lipinski definition) is 4. The summed E-state index contributed by atoms with van der Waals surface area (Å²) in [7, 11) is 0. The molecule has 4 N–H and O–H groups in total. The summed E-state index contributed by atoms with van der Waals surface area (Å²) in [6.07, 6.45) is 7.51. The molecule has 35 heavy (non-hydrogen) atoms. The third-order valence-electron chi connectivity index (χ3n) is 12.6. The first-order valence-corrected chi connectivity index (χ1v) is 13.7. The van der Waals surface area contributed by atoms with E-state index in [2.05, 4.69) is 40.7 Å². The van der Waals surface area contributed by atoms with Crippen molar-refractivity contribution >= 4 is 0 Å². The van der Waals surface area contributed by atoms with E-state index in [1.807, 2.05) is 13.0 Å². The highest BCUT2D eigenvalue weighted by molar-refractivity contribution is 5.44. The first-order valence-electron chi connectivity index (χ1n) is 13.7. The van der Waals surface area contributed by atoms with Crippen LogP contribution in [0.4, 0.5) is 0 Å². The Bertz CT molecular complexity index is 1040. The van der Waals surface area contributed by atoms with Crippen molar-refractivity contribution in [3.8, 4) is 6.07 Å². The van der Waals surface area contributed by atoms with Gasteiger partial charge in [-0.25, -0.2) is 0 Å². The van der Waals surface area contributed by atoms with Gasteiger partial charge in [-0.2, -0.15) is 5.26 Å². The fourth-order valence-electron chi connectivity index (χ4n) is 10.2. The molecule has 0 aromatic heterocycles. The van der Waals surface area contributed by atoms with E-state index in [0.29, 0.717) is 12.0 Å². The van der Waals surface area contributed by atoms with Crippen LogP contribution in [-0.4, -0.2) is 38.7 Å². The first kappa shape index (κ1) is 25.3. The predicted molar refractivity (Wildman–Crippen MR) is 135 cm³/mol. The van der Waals surface area contributed by atoms with E-state index in [-0.39, 0.29) is 51.8 Å². The molecule has 1 unspecified atom stereocenters. The minimum absolute atomic E-state index is 0.0500. The quantitative estimate of drug-likeness (QED) is 0.373.